The fourth-order valence-corrected chi connectivity index (χ4v) is 1.40. The van der Waals surface area contributed by atoms with E-state index in [1.54, 1.807) is 0 Å². The zero-order valence-corrected chi connectivity index (χ0v) is 8.88. The highest BCUT2D eigenvalue weighted by Crippen LogP contribution is 2.22. The molecule has 0 radical (unpaired) electrons. The number of halogens is 1. The van der Waals surface area contributed by atoms with E-state index in [4.69, 9.17) is 10.2 Å². The number of carbonyl (C=O) groups is 1. The van der Waals surface area contributed by atoms with Crippen molar-refractivity contribution in [3.8, 4) is 0 Å². The average Bonchev–Trinajstić information content (AvgIpc) is 2.28. The Morgan fingerprint density at radius 2 is 2.00 bits per heavy atom. The van der Waals surface area contributed by atoms with Crippen molar-refractivity contribution in [3.63, 3.8) is 0 Å². The fourth-order valence-electron chi connectivity index (χ4n) is 1.40. The summed E-state index contributed by atoms with van der Waals surface area (Å²) in [7, 11) is 0. The third kappa shape index (κ3) is 3.23. The van der Waals surface area contributed by atoms with E-state index in [0.717, 1.165) is 18.2 Å². The zero-order chi connectivity index (χ0) is 13.0. The Balaban J connectivity index is 2.95. The van der Waals surface area contributed by atoms with Crippen LogP contribution >= 0.6 is 0 Å². The maximum Gasteiger partial charge on any atom is 0.335 e. The van der Waals surface area contributed by atoms with Crippen LogP contribution in [-0.4, -0.2) is 39.1 Å². The molecule has 0 amide bonds. The third-order valence-electron chi connectivity index (χ3n) is 2.36. The molecule has 0 spiro atoms. The van der Waals surface area contributed by atoms with Gasteiger partial charge in [-0.1, -0.05) is 6.07 Å². The summed E-state index contributed by atoms with van der Waals surface area (Å²) < 4.78 is 13.5. The Labute approximate surface area is 96.8 Å². The lowest BCUT2D eigenvalue weighted by Gasteiger charge is -2.17. The molecule has 6 heteroatoms. The Hall–Kier alpha value is -1.50. The summed E-state index contributed by atoms with van der Waals surface area (Å²) in [6.45, 7) is -0.340. The molecule has 1 rings (SSSR count). The average molecular weight is 244 g/mol. The van der Waals surface area contributed by atoms with Crippen molar-refractivity contribution >= 4 is 5.97 Å². The minimum absolute atomic E-state index is 0.0959. The molecule has 1 aromatic rings. The quantitative estimate of drug-likeness (QED) is 0.597. The molecular formula is C11H13FO5. The van der Waals surface area contributed by atoms with Crippen molar-refractivity contribution in [2.24, 2.45) is 0 Å². The molecule has 17 heavy (non-hydrogen) atoms. The van der Waals surface area contributed by atoms with Gasteiger partial charge in [-0.05, 0) is 18.6 Å². The highest BCUT2D eigenvalue weighted by atomic mass is 19.1. The topological polar surface area (TPSA) is 98.0 Å². The molecule has 94 valence electrons. The lowest BCUT2D eigenvalue weighted by atomic mass is 10.0. The first-order valence-electron chi connectivity index (χ1n) is 4.97. The summed E-state index contributed by atoms with van der Waals surface area (Å²) in [4.78, 5) is 10.6. The van der Waals surface area contributed by atoms with E-state index >= 15 is 0 Å². The standard InChI is InChI=1S/C11H13FO5/c12-8-5-6(11(16)17)1-2-7(8)10(15)9(14)3-4-13/h1-2,5,9-10,13-15H,3-4H2,(H,16,17). The van der Waals surface area contributed by atoms with Crippen molar-refractivity contribution in [3.05, 3.63) is 35.1 Å². The number of aromatic carboxylic acids is 1. The predicted octanol–water partition coefficient (Wildman–Crippen LogP) is 0.301. The summed E-state index contributed by atoms with van der Waals surface area (Å²) in [6, 6.07) is 3.01. The van der Waals surface area contributed by atoms with Gasteiger partial charge in [-0.25, -0.2) is 9.18 Å². The number of aliphatic hydroxyl groups is 3. The van der Waals surface area contributed by atoms with E-state index in [9.17, 15) is 19.4 Å². The fraction of sp³-hybridized carbons (Fsp3) is 0.364. The molecular weight excluding hydrogens is 231 g/mol. The summed E-state index contributed by atoms with van der Waals surface area (Å²) >= 11 is 0. The van der Waals surface area contributed by atoms with Gasteiger partial charge in [0.2, 0.25) is 0 Å². The highest BCUT2D eigenvalue weighted by molar-refractivity contribution is 5.87. The van der Waals surface area contributed by atoms with E-state index in [1.165, 1.54) is 0 Å². The zero-order valence-electron chi connectivity index (χ0n) is 8.88. The van der Waals surface area contributed by atoms with E-state index in [-0.39, 0.29) is 24.2 Å². The van der Waals surface area contributed by atoms with Gasteiger partial charge in [0.05, 0.1) is 11.7 Å². The largest absolute Gasteiger partial charge is 0.478 e. The first-order chi connectivity index (χ1) is 7.97. The molecule has 0 aliphatic heterocycles. The minimum Gasteiger partial charge on any atom is -0.478 e. The maximum absolute atomic E-state index is 13.5. The Bertz CT molecular complexity index is 407. The maximum atomic E-state index is 13.5. The van der Waals surface area contributed by atoms with Gasteiger partial charge in [0.1, 0.15) is 11.9 Å². The first-order valence-corrected chi connectivity index (χ1v) is 4.97. The van der Waals surface area contributed by atoms with Crippen LogP contribution in [-0.2, 0) is 0 Å². The number of hydrogen-bond donors (Lipinski definition) is 4. The third-order valence-corrected chi connectivity index (χ3v) is 2.36. The van der Waals surface area contributed by atoms with Crippen LogP contribution < -0.4 is 0 Å². The van der Waals surface area contributed by atoms with Gasteiger partial charge < -0.3 is 20.4 Å². The summed E-state index contributed by atoms with van der Waals surface area (Å²) in [5.41, 5.74) is -0.439. The summed E-state index contributed by atoms with van der Waals surface area (Å²) in [5, 5.41) is 36.2. The van der Waals surface area contributed by atoms with Gasteiger partial charge >= 0.3 is 5.97 Å². The number of rotatable bonds is 5. The highest BCUT2D eigenvalue weighted by Gasteiger charge is 2.21. The molecule has 0 fully saturated rings. The van der Waals surface area contributed by atoms with Gasteiger partial charge in [0.15, 0.2) is 0 Å². The van der Waals surface area contributed by atoms with Crippen molar-refractivity contribution in [2.45, 2.75) is 18.6 Å². The summed E-state index contributed by atoms with van der Waals surface area (Å²) in [6.07, 6.45) is -2.89. The van der Waals surface area contributed by atoms with Crippen molar-refractivity contribution in [2.75, 3.05) is 6.61 Å². The lowest BCUT2D eigenvalue weighted by molar-refractivity contribution is 0.00235. The number of hydrogen-bond acceptors (Lipinski definition) is 4. The van der Waals surface area contributed by atoms with Crippen LogP contribution in [0.1, 0.15) is 28.4 Å². The van der Waals surface area contributed by atoms with Crippen molar-refractivity contribution in [1.29, 1.82) is 0 Å². The van der Waals surface area contributed by atoms with Crippen LogP contribution in [0.5, 0.6) is 0 Å². The second-order valence-electron chi connectivity index (χ2n) is 3.57. The number of benzene rings is 1. The number of aliphatic hydroxyl groups excluding tert-OH is 3. The molecule has 2 unspecified atom stereocenters. The SMILES string of the molecule is O=C(O)c1ccc(C(O)C(O)CCO)c(F)c1. The van der Waals surface area contributed by atoms with Crippen LogP contribution in [0.2, 0.25) is 0 Å². The van der Waals surface area contributed by atoms with Crippen LogP contribution in [0, 0.1) is 5.82 Å². The molecule has 0 saturated heterocycles. The molecule has 0 saturated carbocycles. The number of carboxylic acid groups (broad SMARTS) is 1. The van der Waals surface area contributed by atoms with Gasteiger partial charge in [0, 0.05) is 12.2 Å². The molecule has 0 aliphatic rings. The van der Waals surface area contributed by atoms with E-state index < -0.39 is 24.0 Å². The van der Waals surface area contributed by atoms with Crippen molar-refractivity contribution < 1.29 is 29.6 Å². The van der Waals surface area contributed by atoms with Gasteiger partial charge in [-0.15, -0.1) is 0 Å². The lowest BCUT2D eigenvalue weighted by Crippen LogP contribution is -2.20. The second kappa shape index (κ2) is 5.72. The molecule has 5 nitrogen and oxygen atoms in total. The molecule has 0 bridgehead atoms. The summed E-state index contributed by atoms with van der Waals surface area (Å²) in [5.74, 6) is -2.18. The molecule has 0 aliphatic carbocycles. The van der Waals surface area contributed by atoms with Crippen LogP contribution in [0.3, 0.4) is 0 Å². The minimum atomic E-state index is -1.50. The smallest absolute Gasteiger partial charge is 0.335 e. The first kappa shape index (κ1) is 13.6. The molecule has 1 aromatic carbocycles. The van der Waals surface area contributed by atoms with Crippen LogP contribution in [0.25, 0.3) is 0 Å². The van der Waals surface area contributed by atoms with Crippen molar-refractivity contribution in [1.82, 2.24) is 0 Å². The Morgan fingerprint density at radius 1 is 1.35 bits per heavy atom. The molecule has 0 heterocycles. The van der Waals surface area contributed by atoms with Crippen LogP contribution in [0.4, 0.5) is 4.39 Å². The van der Waals surface area contributed by atoms with Crippen LogP contribution in [0.15, 0.2) is 18.2 Å². The van der Waals surface area contributed by atoms with Gasteiger partial charge in [-0.3, -0.25) is 0 Å². The molecule has 4 N–H and O–H groups in total. The van der Waals surface area contributed by atoms with E-state index in [2.05, 4.69) is 0 Å². The van der Waals surface area contributed by atoms with Gasteiger partial charge in [0.25, 0.3) is 0 Å². The molecule has 2 atom stereocenters. The number of carboxylic acids is 1. The van der Waals surface area contributed by atoms with E-state index in [0.29, 0.717) is 0 Å². The Kier molecular flexibility index (Phi) is 4.56. The molecule has 0 aromatic heterocycles. The van der Waals surface area contributed by atoms with Gasteiger partial charge in [-0.2, -0.15) is 0 Å². The second-order valence-corrected chi connectivity index (χ2v) is 3.57. The normalized spacial score (nSPS) is 14.4. The monoisotopic (exact) mass is 244 g/mol. The predicted molar refractivity (Wildman–Crippen MR) is 56.0 cm³/mol. The van der Waals surface area contributed by atoms with E-state index in [1.807, 2.05) is 0 Å². The Morgan fingerprint density at radius 3 is 2.47 bits per heavy atom.